The lowest BCUT2D eigenvalue weighted by atomic mass is 9.88. The molecule has 0 aromatic heterocycles. The molecule has 2 rings (SSSR count). The molecule has 0 spiro atoms. The summed E-state index contributed by atoms with van der Waals surface area (Å²) < 4.78 is 8.65. The van der Waals surface area contributed by atoms with Crippen molar-refractivity contribution in [3.05, 3.63) is 35.9 Å². The number of aliphatic hydroxyl groups is 4. The van der Waals surface area contributed by atoms with E-state index in [0.29, 0.717) is 5.56 Å². The molecule has 5 N–H and O–H groups in total. The van der Waals surface area contributed by atoms with Crippen LogP contribution in [0.1, 0.15) is 5.56 Å². The molecule has 0 unspecified atom stereocenters. The average Bonchev–Trinajstić information content (AvgIpc) is 2.56. The van der Waals surface area contributed by atoms with Crippen molar-refractivity contribution < 1.29 is 29.9 Å². The van der Waals surface area contributed by atoms with Crippen LogP contribution in [-0.4, -0.2) is 66.9 Å². The molecule has 1 heterocycles. The van der Waals surface area contributed by atoms with Gasteiger partial charge >= 0.3 is 0 Å². The molecular weight excluding hydrogens is 397 g/mol. The van der Waals surface area contributed by atoms with Crippen LogP contribution < -0.4 is 0 Å². The summed E-state index contributed by atoms with van der Waals surface area (Å²) in [5, 5.41) is 47.7. The van der Waals surface area contributed by atoms with E-state index in [1.54, 1.807) is 30.3 Å². The Morgan fingerprint density at radius 2 is 1.76 bits per heavy atom. The highest BCUT2D eigenvalue weighted by Crippen LogP contribution is 2.38. The first kappa shape index (κ1) is 20.7. The lowest BCUT2D eigenvalue weighted by Gasteiger charge is -2.48. The van der Waals surface area contributed by atoms with E-state index in [1.165, 1.54) is 0 Å². The molecule has 0 amide bonds. The Kier molecular flexibility index (Phi) is 6.56. The van der Waals surface area contributed by atoms with Gasteiger partial charge in [0, 0.05) is 6.42 Å². The maximum Gasteiger partial charge on any atom is 0.265 e. The number of halogens is 3. The second-order valence-corrected chi connectivity index (χ2v) is 7.95. The van der Waals surface area contributed by atoms with Gasteiger partial charge in [-0.15, -0.1) is 0 Å². The maximum absolute atomic E-state index is 10.5. The van der Waals surface area contributed by atoms with Crippen molar-refractivity contribution in [2.45, 2.75) is 40.4 Å². The monoisotopic (exact) mass is 413 g/mol. The van der Waals surface area contributed by atoms with E-state index < -0.39 is 46.5 Å². The van der Waals surface area contributed by atoms with Crippen LogP contribution in [-0.2, 0) is 15.9 Å². The summed E-state index contributed by atoms with van der Waals surface area (Å²) in [6.07, 6.45) is -6.46. The molecule has 1 aliphatic heterocycles. The van der Waals surface area contributed by atoms with Gasteiger partial charge in [0.2, 0.25) is 11.7 Å². The molecule has 10 heteroatoms. The third-order valence-electron chi connectivity index (χ3n) is 3.86. The van der Waals surface area contributed by atoms with Gasteiger partial charge < -0.3 is 29.9 Å². The summed E-state index contributed by atoms with van der Waals surface area (Å²) in [5.41, 5.74) is 0.624. The zero-order chi connectivity index (χ0) is 18.8. The van der Waals surface area contributed by atoms with Gasteiger partial charge in [-0.3, -0.25) is 5.41 Å². The number of hydrogen-bond donors (Lipinski definition) is 5. The molecule has 140 valence electrons. The van der Waals surface area contributed by atoms with E-state index in [-0.39, 0.29) is 6.42 Å². The first-order valence-electron chi connectivity index (χ1n) is 7.32. The lowest BCUT2D eigenvalue weighted by Crippen LogP contribution is -2.67. The van der Waals surface area contributed by atoms with Crippen molar-refractivity contribution in [2.75, 3.05) is 6.61 Å². The summed E-state index contributed by atoms with van der Waals surface area (Å²) >= 11 is 16.9. The summed E-state index contributed by atoms with van der Waals surface area (Å²) in [6, 6.07) is 8.63. The molecule has 0 bridgehead atoms. The quantitative estimate of drug-likeness (QED) is 0.282. The Morgan fingerprint density at radius 3 is 2.28 bits per heavy atom. The van der Waals surface area contributed by atoms with Crippen LogP contribution in [0.3, 0.4) is 0 Å². The molecule has 25 heavy (non-hydrogen) atoms. The van der Waals surface area contributed by atoms with E-state index in [2.05, 4.69) is 0 Å². The molecule has 7 nitrogen and oxygen atoms in total. The first-order chi connectivity index (χ1) is 11.6. The van der Waals surface area contributed by atoms with Gasteiger partial charge in [-0.1, -0.05) is 65.1 Å². The molecule has 1 aromatic rings. The molecule has 5 atom stereocenters. The molecule has 1 aliphatic rings. The summed E-state index contributed by atoms with van der Waals surface area (Å²) in [7, 11) is 0. The van der Waals surface area contributed by atoms with Gasteiger partial charge in [-0.25, -0.2) is 0 Å². The number of hydrogen-bond acceptors (Lipinski definition) is 7. The number of nitrogens with one attached hydrogen (secondary N) is 1. The Balaban J connectivity index is 2.41. The van der Waals surface area contributed by atoms with Crippen LogP contribution in [0, 0.1) is 5.41 Å². The summed E-state index contributed by atoms with van der Waals surface area (Å²) in [4.78, 5) is 0. The number of alkyl halides is 3. The Hall–Kier alpha value is -0.640. The van der Waals surface area contributed by atoms with Crippen molar-refractivity contribution >= 4 is 40.7 Å². The van der Waals surface area contributed by atoms with Crippen LogP contribution in [0.5, 0.6) is 0 Å². The topological polar surface area (TPSA) is 123 Å². The molecule has 1 fully saturated rings. The maximum atomic E-state index is 10.5. The minimum Gasteiger partial charge on any atom is -0.442 e. The molecule has 0 radical (unpaired) electrons. The van der Waals surface area contributed by atoms with Gasteiger partial charge in [0.25, 0.3) is 3.79 Å². The number of rotatable bonds is 4. The van der Waals surface area contributed by atoms with Crippen molar-refractivity contribution in [3.8, 4) is 0 Å². The molecule has 1 saturated heterocycles. The number of aliphatic hydroxyl groups excluding tert-OH is 4. The normalized spacial score (nSPS) is 33.1. The highest BCUT2D eigenvalue weighted by atomic mass is 35.6. The van der Waals surface area contributed by atoms with Crippen LogP contribution in [0.25, 0.3) is 0 Å². The van der Waals surface area contributed by atoms with Crippen LogP contribution >= 0.6 is 34.8 Å². The van der Waals surface area contributed by atoms with E-state index >= 15 is 0 Å². The van der Waals surface area contributed by atoms with Gasteiger partial charge in [-0.2, -0.15) is 0 Å². The zero-order valence-electron chi connectivity index (χ0n) is 12.8. The Morgan fingerprint density at radius 1 is 1.16 bits per heavy atom. The van der Waals surface area contributed by atoms with Gasteiger partial charge in [0.05, 0.1) is 6.61 Å². The van der Waals surface area contributed by atoms with Crippen LogP contribution in [0.2, 0.25) is 0 Å². The number of benzene rings is 1. The third kappa shape index (κ3) is 4.56. The van der Waals surface area contributed by atoms with Gasteiger partial charge in [0.15, 0.2) is 0 Å². The third-order valence-corrected chi connectivity index (χ3v) is 4.38. The number of ether oxygens (including phenoxy) is 2. The van der Waals surface area contributed by atoms with E-state index in [1.807, 2.05) is 0 Å². The minimum absolute atomic E-state index is 0.140. The molecular formula is C15H18Cl3NO6. The van der Waals surface area contributed by atoms with Crippen molar-refractivity contribution in [2.24, 2.45) is 0 Å². The van der Waals surface area contributed by atoms with Crippen molar-refractivity contribution in [3.63, 3.8) is 0 Å². The fraction of sp³-hybridized carbons (Fsp3) is 0.533. The highest BCUT2D eigenvalue weighted by Gasteiger charge is 2.56. The second-order valence-electron chi connectivity index (χ2n) is 5.67. The highest BCUT2D eigenvalue weighted by molar-refractivity contribution is 6.76. The largest absolute Gasteiger partial charge is 0.442 e. The minimum atomic E-state index is -2.23. The van der Waals surface area contributed by atoms with Gasteiger partial charge in [0.1, 0.15) is 24.4 Å². The van der Waals surface area contributed by atoms with Crippen molar-refractivity contribution in [1.82, 2.24) is 0 Å². The van der Waals surface area contributed by atoms with E-state index in [0.717, 1.165) is 0 Å². The summed E-state index contributed by atoms with van der Waals surface area (Å²) in [6.45, 7) is -0.661. The Labute approximate surface area is 159 Å². The molecule has 0 aliphatic carbocycles. The van der Waals surface area contributed by atoms with E-state index in [4.69, 9.17) is 49.7 Å². The average molecular weight is 415 g/mol. The smallest absolute Gasteiger partial charge is 0.265 e. The van der Waals surface area contributed by atoms with E-state index in [9.17, 15) is 20.4 Å². The predicted octanol–water partition coefficient (Wildman–Crippen LogP) is 0.763. The van der Waals surface area contributed by atoms with Crippen LogP contribution in [0.15, 0.2) is 30.3 Å². The SMILES string of the molecule is N=C(O[C@@]1(Cc2ccccc2)O[C@H](CO)[C@@H](O)[C@H](O)[C@H]1O)C(Cl)(Cl)Cl. The predicted molar refractivity (Wildman–Crippen MR) is 92.0 cm³/mol. The Bertz CT molecular complexity index is 597. The zero-order valence-corrected chi connectivity index (χ0v) is 15.1. The molecule has 0 saturated carbocycles. The second kappa shape index (κ2) is 7.94. The van der Waals surface area contributed by atoms with Crippen molar-refractivity contribution in [1.29, 1.82) is 5.41 Å². The fourth-order valence-electron chi connectivity index (χ4n) is 2.59. The van der Waals surface area contributed by atoms with Gasteiger partial charge in [-0.05, 0) is 5.56 Å². The first-order valence-corrected chi connectivity index (χ1v) is 8.45. The van der Waals surface area contributed by atoms with Crippen LogP contribution in [0.4, 0.5) is 0 Å². The standard InChI is InChI=1S/C15H18Cl3NO6/c16-15(17,18)13(19)25-14(6-8-4-2-1-3-5-8)12(23)11(22)10(21)9(7-20)24-14/h1-5,9-12,19-23H,6-7H2/t9-,10-,11+,12-,14-/m1/s1. The summed E-state index contributed by atoms with van der Waals surface area (Å²) in [5.74, 6) is -2.89. The fourth-order valence-corrected chi connectivity index (χ4v) is 2.70. The lowest BCUT2D eigenvalue weighted by molar-refractivity contribution is -0.342. The molecule has 1 aromatic carbocycles.